The summed E-state index contributed by atoms with van der Waals surface area (Å²) in [6, 6.07) is 0. The number of rotatable bonds is 56. The zero-order valence-corrected chi connectivity index (χ0v) is 46.8. The first-order chi connectivity index (χ1) is 34.6. The molecule has 70 heavy (non-hydrogen) atoms. The highest BCUT2D eigenvalue weighted by Gasteiger charge is 2.17. The molecule has 0 saturated carbocycles. The molecule has 0 aromatic rings. The van der Waals surface area contributed by atoms with Crippen molar-refractivity contribution in [1.29, 1.82) is 0 Å². The zero-order valence-electron chi connectivity index (χ0n) is 46.8. The highest BCUT2D eigenvalue weighted by Crippen LogP contribution is 2.16. The number of unbranched alkanes of at least 4 members (excludes halogenated alkanes) is 33. The van der Waals surface area contributed by atoms with Crippen LogP contribution in [0.5, 0.6) is 0 Å². The third kappa shape index (κ3) is 57.9. The Labute approximate surface area is 436 Å². The van der Waals surface area contributed by atoms with Gasteiger partial charge in [0.25, 0.3) is 0 Å². The van der Waals surface area contributed by atoms with Crippen LogP contribution in [-0.2, 0) is 23.8 Å². The van der Waals surface area contributed by atoms with Gasteiger partial charge in [-0.25, -0.2) is 0 Å². The molecule has 0 aromatic carbocycles. The maximum Gasteiger partial charge on any atom is 0.306 e. The SMILES string of the molecule is CC/C=C\C/C=C\C/C=C\C/C=C\CCCCCOCC(COC(=O)CCCCCCCCCCC/C=C\C/C=C\CCCCC)OC(=O)CCCCCCCCCCCCCCCCCCCCC. The summed E-state index contributed by atoms with van der Waals surface area (Å²) in [4.78, 5) is 25.6. The lowest BCUT2D eigenvalue weighted by atomic mass is 10.0. The molecular weight excluding hydrogens is 861 g/mol. The molecule has 1 unspecified atom stereocenters. The average Bonchev–Trinajstić information content (AvgIpc) is 3.36. The van der Waals surface area contributed by atoms with Gasteiger partial charge in [-0.15, -0.1) is 0 Å². The van der Waals surface area contributed by atoms with Gasteiger partial charge in [-0.1, -0.05) is 273 Å². The minimum atomic E-state index is -0.556. The van der Waals surface area contributed by atoms with Crippen LogP contribution in [0.2, 0.25) is 0 Å². The smallest absolute Gasteiger partial charge is 0.306 e. The molecule has 1 atom stereocenters. The summed E-state index contributed by atoms with van der Waals surface area (Å²) in [5, 5.41) is 0. The van der Waals surface area contributed by atoms with E-state index in [0.717, 1.165) is 83.5 Å². The molecule has 0 radical (unpaired) electrons. The molecule has 0 aliphatic carbocycles. The van der Waals surface area contributed by atoms with Crippen LogP contribution < -0.4 is 0 Å². The van der Waals surface area contributed by atoms with Gasteiger partial charge in [-0.2, -0.15) is 0 Å². The molecule has 0 amide bonds. The number of esters is 2. The topological polar surface area (TPSA) is 61.8 Å². The van der Waals surface area contributed by atoms with Crippen molar-refractivity contribution < 1.29 is 23.8 Å². The highest BCUT2D eigenvalue weighted by atomic mass is 16.6. The predicted octanol–water partition coefficient (Wildman–Crippen LogP) is 21.0. The predicted molar refractivity (Wildman–Crippen MR) is 307 cm³/mol. The number of ether oxygens (including phenoxy) is 3. The summed E-state index contributed by atoms with van der Waals surface area (Å²) in [5.74, 6) is -0.407. The first-order valence-corrected chi connectivity index (χ1v) is 30.5. The number of carbonyl (C=O) groups is 2. The van der Waals surface area contributed by atoms with Gasteiger partial charge in [0.2, 0.25) is 0 Å². The number of hydrogen-bond acceptors (Lipinski definition) is 5. The number of allylic oxidation sites excluding steroid dienone is 12. The first-order valence-electron chi connectivity index (χ1n) is 30.5. The fourth-order valence-electron chi connectivity index (χ4n) is 8.71. The molecule has 5 heteroatoms. The van der Waals surface area contributed by atoms with Gasteiger partial charge in [-0.3, -0.25) is 9.59 Å². The summed E-state index contributed by atoms with van der Waals surface area (Å²) in [5.41, 5.74) is 0. The van der Waals surface area contributed by atoms with Crippen LogP contribution in [0.4, 0.5) is 0 Å². The largest absolute Gasteiger partial charge is 0.462 e. The fourth-order valence-corrected chi connectivity index (χ4v) is 8.71. The van der Waals surface area contributed by atoms with Crippen LogP contribution in [0.15, 0.2) is 72.9 Å². The lowest BCUT2D eigenvalue weighted by molar-refractivity contribution is -0.163. The van der Waals surface area contributed by atoms with Crippen LogP contribution in [0.1, 0.15) is 303 Å². The quantitative estimate of drug-likeness (QED) is 0.0345. The second-order valence-corrected chi connectivity index (χ2v) is 20.2. The Morgan fingerprint density at radius 3 is 1.06 bits per heavy atom. The van der Waals surface area contributed by atoms with E-state index in [-0.39, 0.29) is 25.2 Å². The van der Waals surface area contributed by atoms with Crippen LogP contribution in [0.3, 0.4) is 0 Å². The lowest BCUT2D eigenvalue weighted by Gasteiger charge is -2.18. The summed E-state index contributed by atoms with van der Waals surface area (Å²) in [6.07, 6.45) is 79.3. The minimum Gasteiger partial charge on any atom is -0.462 e. The molecule has 0 heterocycles. The Hall–Kier alpha value is -2.66. The van der Waals surface area contributed by atoms with E-state index in [1.54, 1.807) is 0 Å². The third-order valence-electron chi connectivity index (χ3n) is 13.2. The first kappa shape index (κ1) is 67.3. The van der Waals surface area contributed by atoms with Crippen molar-refractivity contribution in [2.24, 2.45) is 0 Å². The summed E-state index contributed by atoms with van der Waals surface area (Å²) < 4.78 is 17.5. The normalized spacial score (nSPS) is 12.7. The van der Waals surface area contributed by atoms with E-state index in [0.29, 0.717) is 19.4 Å². The van der Waals surface area contributed by atoms with Crippen molar-refractivity contribution in [2.75, 3.05) is 19.8 Å². The van der Waals surface area contributed by atoms with E-state index >= 15 is 0 Å². The van der Waals surface area contributed by atoms with E-state index in [1.807, 2.05) is 0 Å². The molecule has 0 aliphatic rings. The molecule has 0 aliphatic heterocycles. The monoisotopic (exact) mass is 977 g/mol. The second kappa shape index (κ2) is 60.6. The Balaban J connectivity index is 4.29. The van der Waals surface area contributed by atoms with Gasteiger partial charge in [0.1, 0.15) is 6.61 Å². The standard InChI is InChI=1S/C65H116O5/c1-4-7-10-13-16-19-22-25-28-31-33-35-37-40-43-46-49-52-55-58-64(66)69-62-63(61-68-60-57-54-51-48-45-42-39-30-27-24-21-18-15-12-9-6-3)70-65(67)59-56-53-50-47-44-41-38-36-34-32-29-26-23-20-17-14-11-8-5-2/h9,12,16,18-19,21,25,27-28,30,42,45,63H,4-8,10-11,13-15,17,20,22-24,26,29,31-41,43-44,46-62H2,1-3H3/b12-9-,19-16-,21-18-,28-25-,30-27-,45-42-. The van der Waals surface area contributed by atoms with Crippen molar-refractivity contribution >= 4 is 11.9 Å². The molecule has 0 spiro atoms. The van der Waals surface area contributed by atoms with Crippen LogP contribution >= 0.6 is 0 Å². The maximum atomic E-state index is 12.9. The third-order valence-corrected chi connectivity index (χ3v) is 13.2. The van der Waals surface area contributed by atoms with Gasteiger partial charge < -0.3 is 14.2 Å². The summed E-state index contributed by atoms with van der Waals surface area (Å²) in [6.45, 7) is 7.66. The van der Waals surface area contributed by atoms with E-state index in [4.69, 9.17) is 14.2 Å². The van der Waals surface area contributed by atoms with Crippen LogP contribution in [0.25, 0.3) is 0 Å². The van der Waals surface area contributed by atoms with E-state index in [2.05, 4.69) is 93.7 Å². The molecule has 0 saturated heterocycles. The van der Waals surface area contributed by atoms with Gasteiger partial charge in [0.05, 0.1) is 6.61 Å². The maximum absolute atomic E-state index is 12.9. The highest BCUT2D eigenvalue weighted by molar-refractivity contribution is 5.70. The molecular formula is C65H116O5. The van der Waals surface area contributed by atoms with Crippen LogP contribution in [-0.4, -0.2) is 37.9 Å². The average molecular weight is 978 g/mol. The van der Waals surface area contributed by atoms with E-state index < -0.39 is 6.10 Å². The number of carbonyl (C=O) groups excluding carboxylic acids is 2. The Morgan fingerprint density at radius 1 is 0.329 bits per heavy atom. The molecule has 0 N–H and O–H groups in total. The van der Waals surface area contributed by atoms with Gasteiger partial charge in [0, 0.05) is 19.4 Å². The summed E-state index contributed by atoms with van der Waals surface area (Å²) >= 11 is 0. The van der Waals surface area contributed by atoms with Crippen LogP contribution in [0, 0.1) is 0 Å². The Kier molecular flexibility index (Phi) is 58.3. The van der Waals surface area contributed by atoms with Crippen molar-refractivity contribution in [1.82, 2.24) is 0 Å². The molecule has 0 aromatic heterocycles. The fraction of sp³-hybridized carbons (Fsp3) is 0.785. The van der Waals surface area contributed by atoms with Gasteiger partial charge >= 0.3 is 11.9 Å². The van der Waals surface area contributed by atoms with E-state index in [1.165, 1.54) is 186 Å². The van der Waals surface area contributed by atoms with Crippen molar-refractivity contribution in [3.8, 4) is 0 Å². The van der Waals surface area contributed by atoms with Gasteiger partial charge in [-0.05, 0) is 89.9 Å². The molecule has 0 bridgehead atoms. The Bertz CT molecular complexity index is 1240. The second-order valence-electron chi connectivity index (χ2n) is 20.2. The molecule has 0 rings (SSSR count). The minimum absolute atomic E-state index is 0.0710. The zero-order chi connectivity index (χ0) is 50.6. The van der Waals surface area contributed by atoms with E-state index in [9.17, 15) is 9.59 Å². The Morgan fingerprint density at radius 2 is 0.643 bits per heavy atom. The lowest BCUT2D eigenvalue weighted by Crippen LogP contribution is -2.30. The van der Waals surface area contributed by atoms with Crippen molar-refractivity contribution in [3.05, 3.63) is 72.9 Å². The van der Waals surface area contributed by atoms with Crippen molar-refractivity contribution in [2.45, 2.75) is 309 Å². The molecule has 5 nitrogen and oxygen atoms in total. The van der Waals surface area contributed by atoms with Gasteiger partial charge in [0.15, 0.2) is 6.10 Å². The molecule has 406 valence electrons. The molecule has 0 fully saturated rings. The van der Waals surface area contributed by atoms with Crippen molar-refractivity contribution in [3.63, 3.8) is 0 Å². The summed E-state index contributed by atoms with van der Waals surface area (Å²) in [7, 11) is 0. The number of hydrogen-bond donors (Lipinski definition) is 0.